The van der Waals surface area contributed by atoms with Crippen LogP contribution in [0.15, 0.2) is 60.8 Å². The van der Waals surface area contributed by atoms with Crippen LogP contribution in [0.3, 0.4) is 0 Å². The standard InChI is InChI=1S/C26H28N4O4/c1-17-16-29(26(33)19-8-5-4-6-9-19)14-15-30(17)25(32)18(2)34-22-12-11-21(24(31)27-3)23-20(22)10-7-13-28-23/h4-13,17-18H,14-16H2,1-3H3,(H,27,31)/t17-,18+/m1/s1. The van der Waals surface area contributed by atoms with Gasteiger partial charge in [0.15, 0.2) is 6.10 Å². The van der Waals surface area contributed by atoms with Gasteiger partial charge in [-0.1, -0.05) is 18.2 Å². The number of piperazine rings is 1. The van der Waals surface area contributed by atoms with Crippen molar-refractivity contribution < 1.29 is 19.1 Å². The molecule has 4 rings (SSSR count). The summed E-state index contributed by atoms with van der Waals surface area (Å²) in [5.41, 5.74) is 1.60. The van der Waals surface area contributed by atoms with E-state index >= 15 is 0 Å². The smallest absolute Gasteiger partial charge is 0.263 e. The van der Waals surface area contributed by atoms with E-state index in [0.29, 0.717) is 47.4 Å². The molecule has 8 nitrogen and oxygen atoms in total. The van der Waals surface area contributed by atoms with Gasteiger partial charge in [-0.05, 0) is 50.2 Å². The van der Waals surface area contributed by atoms with Crippen molar-refractivity contribution in [2.45, 2.75) is 26.0 Å². The van der Waals surface area contributed by atoms with Crippen molar-refractivity contribution in [2.75, 3.05) is 26.7 Å². The van der Waals surface area contributed by atoms with Gasteiger partial charge in [-0.25, -0.2) is 0 Å². The first-order valence-corrected chi connectivity index (χ1v) is 11.3. The first-order chi connectivity index (χ1) is 16.4. The van der Waals surface area contributed by atoms with E-state index < -0.39 is 6.10 Å². The minimum Gasteiger partial charge on any atom is -0.480 e. The van der Waals surface area contributed by atoms with E-state index in [1.54, 1.807) is 60.3 Å². The number of nitrogens with one attached hydrogen (secondary N) is 1. The van der Waals surface area contributed by atoms with E-state index in [9.17, 15) is 14.4 Å². The Morgan fingerprint density at radius 2 is 1.82 bits per heavy atom. The number of hydrogen-bond donors (Lipinski definition) is 1. The van der Waals surface area contributed by atoms with Gasteiger partial charge in [0, 0.05) is 49.9 Å². The highest BCUT2D eigenvalue weighted by Gasteiger charge is 2.33. The lowest BCUT2D eigenvalue weighted by Gasteiger charge is -2.40. The third-order valence-electron chi connectivity index (χ3n) is 6.07. The summed E-state index contributed by atoms with van der Waals surface area (Å²) in [7, 11) is 1.57. The zero-order chi connectivity index (χ0) is 24.2. The normalized spacial score (nSPS) is 16.7. The molecule has 0 saturated carbocycles. The number of rotatable bonds is 5. The molecular weight excluding hydrogens is 432 g/mol. The summed E-state index contributed by atoms with van der Waals surface area (Å²) in [5, 5.41) is 3.27. The van der Waals surface area contributed by atoms with Crippen LogP contribution in [-0.4, -0.2) is 71.3 Å². The second kappa shape index (κ2) is 9.91. The van der Waals surface area contributed by atoms with Crippen molar-refractivity contribution >= 4 is 28.6 Å². The number of amides is 3. The summed E-state index contributed by atoms with van der Waals surface area (Å²) in [6, 6.07) is 15.9. The Morgan fingerprint density at radius 1 is 1.06 bits per heavy atom. The Kier molecular flexibility index (Phi) is 6.77. The Hall–Kier alpha value is -3.94. The maximum atomic E-state index is 13.2. The number of fused-ring (bicyclic) bond motifs is 1. The van der Waals surface area contributed by atoms with Crippen LogP contribution in [0.2, 0.25) is 0 Å². The molecule has 0 unspecified atom stereocenters. The van der Waals surface area contributed by atoms with Crippen molar-refractivity contribution in [1.29, 1.82) is 0 Å². The van der Waals surface area contributed by atoms with E-state index in [0.717, 1.165) is 0 Å². The highest BCUT2D eigenvalue weighted by atomic mass is 16.5. The Bertz CT molecular complexity index is 1210. The van der Waals surface area contributed by atoms with Crippen molar-refractivity contribution in [3.63, 3.8) is 0 Å². The first kappa shape index (κ1) is 23.2. The van der Waals surface area contributed by atoms with Crippen molar-refractivity contribution in [1.82, 2.24) is 20.1 Å². The average molecular weight is 461 g/mol. The van der Waals surface area contributed by atoms with Crippen molar-refractivity contribution in [3.05, 3.63) is 71.9 Å². The fourth-order valence-corrected chi connectivity index (χ4v) is 4.27. The summed E-state index contributed by atoms with van der Waals surface area (Å²) in [5.74, 6) is 0.0732. The molecule has 1 aromatic heterocycles. The van der Waals surface area contributed by atoms with Crippen LogP contribution < -0.4 is 10.1 Å². The fraction of sp³-hybridized carbons (Fsp3) is 0.308. The number of ether oxygens (including phenoxy) is 1. The highest BCUT2D eigenvalue weighted by Crippen LogP contribution is 2.28. The van der Waals surface area contributed by atoms with E-state index in [1.165, 1.54) is 0 Å². The quantitative estimate of drug-likeness (QED) is 0.632. The van der Waals surface area contributed by atoms with Gasteiger partial charge in [-0.15, -0.1) is 0 Å². The van der Waals surface area contributed by atoms with E-state index in [2.05, 4.69) is 10.3 Å². The van der Waals surface area contributed by atoms with Crippen LogP contribution in [0.5, 0.6) is 5.75 Å². The van der Waals surface area contributed by atoms with Gasteiger partial charge in [0.05, 0.1) is 11.1 Å². The molecule has 1 saturated heterocycles. The molecule has 1 aliphatic rings. The topological polar surface area (TPSA) is 91.8 Å². The third-order valence-corrected chi connectivity index (χ3v) is 6.07. The number of aromatic nitrogens is 1. The molecule has 34 heavy (non-hydrogen) atoms. The number of carbonyl (C=O) groups excluding carboxylic acids is 3. The summed E-state index contributed by atoms with van der Waals surface area (Å²) >= 11 is 0. The molecule has 1 aliphatic heterocycles. The minimum absolute atomic E-state index is 0.0287. The van der Waals surface area contributed by atoms with E-state index in [1.807, 2.05) is 31.2 Å². The lowest BCUT2D eigenvalue weighted by atomic mass is 10.1. The Balaban J connectivity index is 1.46. The van der Waals surface area contributed by atoms with Crippen LogP contribution in [0, 0.1) is 0 Å². The molecule has 0 aliphatic carbocycles. The Morgan fingerprint density at radius 3 is 2.53 bits per heavy atom. The van der Waals surface area contributed by atoms with Gasteiger partial charge in [0.2, 0.25) is 0 Å². The maximum absolute atomic E-state index is 13.2. The molecule has 1 N–H and O–H groups in total. The molecule has 2 aromatic carbocycles. The molecule has 0 spiro atoms. The Labute approximate surface area is 198 Å². The van der Waals surface area contributed by atoms with Crippen LogP contribution in [0.1, 0.15) is 34.6 Å². The van der Waals surface area contributed by atoms with Crippen LogP contribution in [0.4, 0.5) is 0 Å². The van der Waals surface area contributed by atoms with Gasteiger partial charge in [-0.3, -0.25) is 19.4 Å². The molecule has 1 fully saturated rings. The predicted octanol–water partition coefficient (Wildman–Crippen LogP) is 2.73. The number of carbonyl (C=O) groups is 3. The molecule has 3 amide bonds. The number of benzene rings is 2. The summed E-state index contributed by atoms with van der Waals surface area (Å²) < 4.78 is 6.06. The van der Waals surface area contributed by atoms with Gasteiger partial charge in [0.25, 0.3) is 17.7 Å². The SMILES string of the molecule is CNC(=O)c1ccc(O[C@@H](C)C(=O)N2CCN(C(=O)c3ccccc3)C[C@H]2C)c2cccnc12. The second-order valence-electron chi connectivity index (χ2n) is 8.35. The number of nitrogens with zero attached hydrogens (tertiary/aromatic N) is 3. The predicted molar refractivity (Wildman–Crippen MR) is 129 cm³/mol. The average Bonchev–Trinajstić information content (AvgIpc) is 2.88. The molecule has 8 heteroatoms. The van der Waals surface area contributed by atoms with E-state index in [4.69, 9.17) is 4.74 Å². The van der Waals surface area contributed by atoms with Crippen LogP contribution in [0.25, 0.3) is 10.9 Å². The summed E-state index contributed by atoms with van der Waals surface area (Å²) in [4.78, 5) is 46.1. The van der Waals surface area contributed by atoms with Gasteiger partial charge < -0.3 is 19.9 Å². The second-order valence-corrected chi connectivity index (χ2v) is 8.35. The third kappa shape index (κ3) is 4.57. The highest BCUT2D eigenvalue weighted by molar-refractivity contribution is 6.07. The van der Waals surface area contributed by atoms with Gasteiger partial charge >= 0.3 is 0 Å². The molecule has 0 bridgehead atoms. The number of pyridine rings is 1. The lowest BCUT2D eigenvalue weighted by Crippen LogP contribution is -2.57. The molecule has 176 valence electrons. The van der Waals surface area contributed by atoms with Crippen LogP contribution in [-0.2, 0) is 4.79 Å². The molecule has 0 radical (unpaired) electrons. The van der Waals surface area contributed by atoms with Gasteiger partial charge in [0.1, 0.15) is 5.75 Å². The lowest BCUT2D eigenvalue weighted by molar-refractivity contribution is -0.142. The van der Waals surface area contributed by atoms with Crippen LogP contribution >= 0.6 is 0 Å². The fourth-order valence-electron chi connectivity index (χ4n) is 4.27. The molecule has 2 atom stereocenters. The zero-order valence-corrected chi connectivity index (χ0v) is 19.5. The first-order valence-electron chi connectivity index (χ1n) is 11.3. The van der Waals surface area contributed by atoms with Crippen molar-refractivity contribution in [2.24, 2.45) is 0 Å². The minimum atomic E-state index is -0.743. The number of hydrogen-bond acceptors (Lipinski definition) is 5. The van der Waals surface area contributed by atoms with Gasteiger partial charge in [-0.2, -0.15) is 0 Å². The summed E-state index contributed by atoms with van der Waals surface area (Å²) in [6.45, 7) is 5.01. The molecule has 3 aromatic rings. The monoisotopic (exact) mass is 460 g/mol. The largest absolute Gasteiger partial charge is 0.480 e. The van der Waals surface area contributed by atoms with E-state index in [-0.39, 0.29) is 23.8 Å². The maximum Gasteiger partial charge on any atom is 0.263 e. The molecular formula is C26H28N4O4. The molecule has 2 heterocycles. The van der Waals surface area contributed by atoms with Crippen molar-refractivity contribution in [3.8, 4) is 5.75 Å². The summed E-state index contributed by atoms with van der Waals surface area (Å²) in [6.07, 6.45) is 0.874. The zero-order valence-electron chi connectivity index (χ0n) is 19.5.